The van der Waals surface area contributed by atoms with Gasteiger partial charge in [0.15, 0.2) is 0 Å². The minimum absolute atomic E-state index is 0.0386. The lowest BCUT2D eigenvalue weighted by Gasteiger charge is -2.10. The van der Waals surface area contributed by atoms with E-state index in [4.69, 9.17) is 9.47 Å². The van der Waals surface area contributed by atoms with Crippen molar-refractivity contribution in [3.8, 4) is 0 Å². The average Bonchev–Trinajstić information content (AvgIpc) is 2.73. The van der Waals surface area contributed by atoms with Crippen LogP contribution in [0, 0.1) is 0 Å². The van der Waals surface area contributed by atoms with Crippen molar-refractivity contribution >= 4 is 0 Å². The molecule has 0 atom stereocenters. The zero-order valence-corrected chi connectivity index (χ0v) is 17.2. The Hall–Kier alpha value is -3.26. The lowest BCUT2D eigenvalue weighted by molar-refractivity contribution is 0.0404. The Labute approximate surface area is 168 Å². The van der Waals surface area contributed by atoms with Gasteiger partial charge >= 0.3 is 34.1 Å². The van der Waals surface area contributed by atoms with Crippen molar-refractivity contribution in [3.63, 3.8) is 0 Å². The first-order valence-electron chi connectivity index (χ1n) is 8.98. The van der Waals surface area contributed by atoms with Gasteiger partial charge in [0, 0.05) is 28.2 Å². The zero-order valence-electron chi connectivity index (χ0n) is 17.2. The van der Waals surface area contributed by atoms with E-state index in [1.165, 1.54) is 28.2 Å². The van der Waals surface area contributed by atoms with Gasteiger partial charge in [-0.05, 0) is 0 Å². The summed E-state index contributed by atoms with van der Waals surface area (Å²) >= 11 is 0. The van der Waals surface area contributed by atoms with Crippen molar-refractivity contribution in [1.29, 1.82) is 0 Å². The van der Waals surface area contributed by atoms with E-state index in [1.54, 1.807) is 0 Å². The second-order valence-electron chi connectivity index (χ2n) is 6.46. The number of hydrogen-bond donors (Lipinski definition) is 0. The third kappa shape index (κ3) is 4.49. The van der Waals surface area contributed by atoms with Crippen LogP contribution in [0.3, 0.4) is 0 Å². The molecule has 166 valence electrons. The normalized spacial score (nSPS) is 11.2. The van der Waals surface area contributed by atoms with Gasteiger partial charge in [-0.3, -0.25) is 0 Å². The topological polar surface area (TPSA) is 150 Å². The Kier molecular flexibility index (Phi) is 7.28. The third-order valence-electron chi connectivity index (χ3n) is 4.51. The maximum Gasteiger partial charge on any atom is 0.336 e. The molecule has 2 aromatic rings. The highest BCUT2D eigenvalue weighted by atomic mass is 16.5. The summed E-state index contributed by atoms with van der Waals surface area (Å²) in [5, 5.41) is 0. The van der Waals surface area contributed by atoms with Crippen molar-refractivity contribution in [2.75, 3.05) is 26.4 Å². The lowest BCUT2D eigenvalue weighted by Crippen LogP contribution is -2.53. The minimum Gasteiger partial charge on any atom is -0.377 e. The van der Waals surface area contributed by atoms with Gasteiger partial charge < -0.3 is 9.47 Å². The first-order valence-corrected chi connectivity index (χ1v) is 8.98. The molecule has 0 spiro atoms. The van der Waals surface area contributed by atoms with Crippen LogP contribution in [0.5, 0.6) is 0 Å². The van der Waals surface area contributed by atoms with Crippen LogP contribution in [0.4, 0.5) is 0 Å². The van der Waals surface area contributed by atoms with Gasteiger partial charge in [-0.1, -0.05) is 0 Å². The largest absolute Gasteiger partial charge is 0.377 e. The minimum atomic E-state index is -0.729. The molecule has 2 heterocycles. The highest BCUT2D eigenvalue weighted by Gasteiger charge is 2.11. The fourth-order valence-electron chi connectivity index (χ4n) is 2.68. The number of aromatic nitrogens is 6. The van der Waals surface area contributed by atoms with Gasteiger partial charge in [-0.15, -0.1) is 0 Å². The zero-order chi connectivity index (χ0) is 22.6. The molecular weight excluding hydrogens is 404 g/mol. The monoisotopic (exact) mass is 428 g/mol. The summed E-state index contributed by atoms with van der Waals surface area (Å²) in [6.45, 7) is 0.281. The van der Waals surface area contributed by atoms with E-state index in [9.17, 15) is 28.8 Å². The molecule has 14 heteroatoms. The summed E-state index contributed by atoms with van der Waals surface area (Å²) in [7, 11) is 5.11. The Bertz CT molecular complexity index is 1090. The highest BCUT2D eigenvalue weighted by molar-refractivity contribution is 4.77. The maximum atomic E-state index is 12.0. The maximum absolute atomic E-state index is 12.0. The van der Waals surface area contributed by atoms with Crippen LogP contribution in [-0.4, -0.2) is 53.8 Å². The fourth-order valence-corrected chi connectivity index (χ4v) is 2.68. The summed E-state index contributed by atoms with van der Waals surface area (Å²) < 4.78 is 15.7. The van der Waals surface area contributed by atoms with Crippen LogP contribution in [-0.2, 0) is 50.8 Å². The molecule has 14 nitrogen and oxygen atoms in total. The molecule has 0 radical (unpaired) electrons. The molecular formula is C16H24N6O8. The number of ether oxygens (including phenoxy) is 2. The van der Waals surface area contributed by atoms with Crippen molar-refractivity contribution in [2.45, 2.75) is 13.1 Å². The van der Waals surface area contributed by atoms with Crippen molar-refractivity contribution in [2.24, 2.45) is 28.2 Å². The number of hydrogen-bond acceptors (Lipinski definition) is 8. The van der Waals surface area contributed by atoms with E-state index in [2.05, 4.69) is 0 Å². The van der Waals surface area contributed by atoms with Crippen LogP contribution in [0.2, 0.25) is 0 Å². The molecule has 0 fully saturated rings. The van der Waals surface area contributed by atoms with E-state index in [-0.39, 0.29) is 39.5 Å². The molecule has 2 aromatic heterocycles. The molecule has 0 bridgehead atoms. The lowest BCUT2D eigenvalue weighted by atomic mass is 10.6. The standard InChI is InChI=1S/C16H24N6O8/c1-17-11(23)18(2)14(26)21(13(17)25)5-7-29-9-10-30-8-6-22-15(27)19(3)12(24)20(4)16(22)28/h5-10H2,1-4H3. The van der Waals surface area contributed by atoms with Crippen molar-refractivity contribution < 1.29 is 9.47 Å². The number of nitrogens with zero attached hydrogens (tertiary/aromatic N) is 6. The fraction of sp³-hybridized carbons (Fsp3) is 0.625. The SMILES string of the molecule is Cn1c(=O)n(C)c(=O)n(CCOCCOCCn2c(=O)n(C)c(=O)n(C)c2=O)c1=O. The molecule has 0 aliphatic heterocycles. The molecule has 0 amide bonds. The van der Waals surface area contributed by atoms with Crippen molar-refractivity contribution in [1.82, 2.24) is 27.4 Å². The van der Waals surface area contributed by atoms with Crippen molar-refractivity contribution in [3.05, 3.63) is 62.9 Å². The van der Waals surface area contributed by atoms with Gasteiger partial charge in [0.2, 0.25) is 0 Å². The summed E-state index contributed by atoms with van der Waals surface area (Å²) in [6.07, 6.45) is 0. The quantitative estimate of drug-likeness (QED) is 0.363. The van der Waals surface area contributed by atoms with Crippen LogP contribution in [0.1, 0.15) is 0 Å². The van der Waals surface area contributed by atoms with E-state index >= 15 is 0 Å². The van der Waals surface area contributed by atoms with Gasteiger partial charge in [0.1, 0.15) is 0 Å². The summed E-state index contributed by atoms with van der Waals surface area (Å²) in [5.74, 6) is 0. The first-order chi connectivity index (χ1) is 14.1. The molecule has 0 aliphatic carbocycles. The van der Waals surface area contributed by atoms with E-state index in [0.717, 1.165) is 27.4 Å². The molecule has 0 saturated heterocycles. The van der Waals surface area contributed by atoms with Crippen LogP contribution >= 0.6 is 0 Å². The Morgan fingerprint density at radius 1 is 0.467 bits per heavy atom. The van der Waals surface area contributed by atoms with Crippen LogP contribution in [0.25, 0.3) is 0 Å². The summed E-state index contributed by atoms with van der Waals surface area (Å²) in [5.41, 5.74) is -4.33. The first kappa shape index (κ1) is 23.0. The predicted octanol–water partition coefficient (Wildman–Crippen LogP) is -4.46. The molecule has 0 aliphatic rings. The molecule has 0 saturated carbocycles. The molecule has 0 aromatic carbocycles. The van der Waals surface area contributed by atoms with Gasteiger partial charge in [0.25, 0.3) is 0 Å². The van der Waals surface area contributed by atoms with Gasteiger partial charge in [-0.25, -0.2) is 56.2 Å². The van der Waals surface area contributed by atoms with Crippen LogP contribution < -0.4 is 34.1 Å². The average molecular weight is 428 g/mol. The molecule has 0 unspecified atom stereocenters. The summed E-state index contributed by atoms with van der Waals surface area (Å²) in [6, 6.07) is 0. The second-order valence-corrected chi connectivity index (χ2v) is 6.46. The second kappa shape index (κ2) is 9.49. The summed E-state index contributed by atoms with van der Waals surface area (Å²) in [4.78, 5) is 71.2. The highest BCUT2D eigenvalue weighted by Crippen LogP contribution is 1.83. The Morgan fingerprint density at radius 2 is 0.733 bits per heavy atom. The van der Waals surface area contributed by atoms with Crippen LogP contribution in [0.15, 0.2) is 28.8 Å². The van der Waals surface area contributed by atoms with E-state index < -0.39 is 34.1 Å². The third-order valence-corrected chi connectivity index (χ3v) is 4.51. The molecule has 0 N–H and O–H groups in total. The Morgan fingerprint density at radius 3 is 1.00 bits per heavy atom. The van der Waals surface area contributed by atoms with E-state index in [0.29, 0.717) is 0 Å². The number of rotatable bonds is 9. The Balaban J connectivity index is 1.81. The molecule has 2 rings (SSSR count). The van der Waals surface area contributed by atoms with Gasteiger partial charge in [-0.2, -0.15) is 0 Å². The predicted molar refractivity (Wildman–Crippen MR) is 104 cm³/mol. The molecule has 30 heavy (non-hydrogen) atoms. The van der Waals surface area contributed by atoms with E-state index in [1.807, 2.05) is 0 Å². The van der Waals surface area contributed by atoms with Gasteiger partial charge in [0.05, 0.1) is 39.5 Å². The smallest absolute Gasteiger partial charge is 0.336 e.